The molecule has 0 radical (unpaired) electrons. The topological polar surface area (TPSA) is 59.0 Å². The van der Waals surface area contributed by atoms with Crippen LogP contribution in [0.1, 0.15) is 0 Å². The van der Waals surface area contributed by atoms with Crippen molar-refractivity contribution in [3.8, 4) is 0 Å². The maximum Gasteiger partial charge on any atom is 0.329 e. The minimum atomic E-state index is -0.954. The summed E-state index contributed by atoms with van der Waals surface area (Å²) in [5, 5.41) is 8.44. The molecule has 0 fully saturated rings. The molecule has 5 nitrogen and oxygen atoms in total. The number of hydrogen-bond acceptors (Lipinski definition) is 4. The van der Waals surface area contributed by atoms with Gasteiger partial charge in [-0.2, -0.15) is 0 Å². The van der Waals surface area contributed by atoms with Gasteiger partial charge in [0.15, 0.2) is 0 Å². The zero-order valence-electron chi connectivity index (χ0n) is 8.60. The fourth-order valence-electron chi connectivity index (χ4n) is 0.847. The number of hydrogen-bond donors (Lipinski definition) is 1. The molecule has 0 amide bonds. The Morgan fingerprint density at radius 1 is 1.29 bits per heavy atom. The van der Waals surface area contributed by atoms with Crippen molar-refractivity contribution in [1.82, 2.24) is 4.90 Å². The zero-order chi connectivity index (χ0) is 10.8. The highest BCUT2D eigenvalue weighted by molar-refractivity contribution is 5.79. The second-order valence-electron chi connectivity index (χ2n) is 2.68. The number of rotatable bonds is 8. The molecule has 0 atom stereocenters. The van der Waals surface area contributed by atoms with Gasteiger partial charge in [-0.1, -0.05) is 0 Å². The number of carbonyl (C=O) groups is 1. The molecule has 0 bridgehead atoms. The van der Waals surface area contributed by atoms with E-state index in [2.05, 4.69) is 0 Å². The normalized spacial score (nSPS) is 10.7. The summed E-state index contributed by atoms with van der Waals surface area (Å²) in [7, 11) is 3.21. The molecule has 0 unspecified atom stereocenters. The number of ether oxygens (including phenoxy) is 2. The van der Waals surface area contributed by atoms with Crippen LogP contribution in [0.5, 0.6) is 0 Å². The highest BCUT2D eigenvalue weighted by atomic mass is 16.5. The summed E-state index contributed by atoms with van der Waals surface area (Å²) in [6.07, 6.45) is 2.63. The Morgan fingerprint density at radius 2 is 1.79 bits per heavy atom. The molecule has 0 saturated carbocycles. The summed E-state index contributed by atoms with van der Waals surface area (Å²) >= 11 is 0. The maximum absolute atomic E-state index is 10.3. The molecule has 0 aromatic rings. The van der Waals surface area contributed by atoms with Gasteiger partial charge in [0, 0.05) is 39.6 Å². The Balaban J connectivity index is 3.89. The van der Waals surface area contributed by atoms with E-state index >= 15 is 0 Å². The summed E-state index contributed by atoms with van der Waals surface area (Å²) in [4.78, 5) is 12.1. The predicted molar refractivity (Wildman–Crippen MR) is 52.1 cm³/mol. The van der Waals surface area contributed by atoms with Crippen molar-refractivity contribution in [1.29, 1.82) is 0 Å². The summed E-state index contributed by atoms with van der Waals surface area (Å²) < 4.78 is 9.79. The van der Waals surface area contributed by atoms with Crippen molar-refractivity contribution >= 4 is 5.97 Å². The van der Waals surface area contributed by atoms with E-state index in [1.807, 2.05) is 4.90 Å². The van der Waals surface area contributed by atoms with Crippen LogP contribution in [0.25, 0.3) is 0 Å². The lowest BCUT2D eigenvalue weighted by Gasteiger charge is -2.18. The van der Waals surface area contributed by atoms with Crippen LogP contribution < -0.4 is 0 Å². The van der Waals surface area contributed by atoms with Crippen molar-refractivity contribution in [2.24, 2.45) is 0 Å². The van der Waals surface area contributed by atoms with E-state index in [1.165, 1.54) is 6.20 Å². The minimum Gasteiger partial charge on any atom is -0.478 e. The molecule has 82 valence electrons. The second-order valence-corrected chi connectivity index (χ2v) is 2.68. The molecule has 0 aromatic carbocycles. The van der Waals surface area contributed by atoms with Crippen molar-refractivity contribution in [3.05, 3.63) is 12.3 Å². The number of aliphatic carboxylic acids is 1. The van der Waals surface area contributed by atoms with E-state index in [4.69, 9.17) is 14.6 Å². The number of carboxylic acids is 1. The second kappa shape index (κ2) is 8.52. The molecular formula is C9H17NO4. The summed E-state index contributed by atoms with van der Waals surface area (Å²) in [6.45, 7) is 2.44. The van der Waals surface area contributed by atoms with Gasteiger partial charge >= 0.3 is 5.97 Å². The Labute approximate surface area is 83.9 Å². The van der Waals surface area contributed by atoms with Crippen LogP contribution in [0.15, 0.2) is 12.3 Å². The highest BCUT2D eigenvalue weighted by Gasteiger charge is 1.98. The van der Waals surface area contributed by atoms with Crippen LogP contribution in [0.3, 0.4) is 0 Å². The first kappa shape index (κ1) is 12.9. The monoisotopic (exact) mass is 203 g/mol. The van der Waals surface area contributed by atoms with Crippen molar-refractivity contribution in [3.63, 3.8) is 0 Å². The Morgan fingerprint density at radius 3 is 2.14 bits per heavy atom. The molecule has 0 saturated heterocycles. The average molecular weight is 203 g/mol. The molecule has 5 heteroatoms. The van der Waals surface area contributed by atoms with E-state index in [9.17, 15) is 4.79 Å². The predicted octanol–water partition coefficient (Wildman–Crippen LogP) is 0.179. The fraction of sp³-hybridized carbons (Fsp3) is 0.667. The fourth-order valence-corrected chi connectivity index (χ4v) is 0.847. The molecule has 0 rings (SSSR count). The molecule has 0 aromatic heterocycles. The van der Waals surface area contributed by atoms with Gasteiger partial charge in [-0.3, -0.25) is 0 Å². The quantitative estimate of drug-likeness (QED) is 0.570. The zero-order valence-corrected chi connectivity index (χ0v) is 8.60. The van der Waals surface area contributed by atoms with E-state index in [0.717, 1.165) is 6.08 Å². The Hall–Kier alpha value is -1.07. The van der Waals surface area contributed by atoms with Gasteiger partial charge in [0.1, 0.15) is 0 Å². The van der Waals surface area contributed by atoms with Crippen LogP contribution in [0.2, 0.25) is 0 Å². The van der Waals surface area contributed by atoms with Gasteiger partial charge in [-0.25, -0.2) is 4.79 Å². The Kier molecular flexibility index (Phi) is 7.87. The molecule has 1 N–H and O–H groups in total. The third-order valence-corrected chi connectivity index (χ3v) is 1.59. The lowest BCUT2D eigenvalue weighted by molar-refractivity contribution is -0.131. The van der Waals surface area contributed by atoms with Crippen molar-refractivity contribution in [2.75, 3.05) is 40.5 Å². The van der Waals surface area contributed by atoms with Crippen LogP contribution >= 0.6 is 0 Å². The molecule has 0 aliphatic heterocycles. The molecular weight excluding hydrogens is 186 g/mol. The number of carboxylic acid groups (broad SMARTS) is 1. The van der Waals surface area contributed by atoms with Crippen molar-refractivity contribution < 1.29 is 19.4 Å². The molecule has 0 aliphatic carbocycles. The first-order valence-corrected chi connectivity index (χ1v) is 4.33. The first-order valence-electron chi connectivity index (χ1n) is 4.33. The standard InChI is InChI=1S/C9H17NO4/c1-13-7-5-10(6-8-14-2)4-3-9(11)12/h3-4H,5-8H2,1-2H3,(H,11,12). The average Bonchev–Trinajstić information content (AvgIpc) is 2.16. The molecule has 0 spiro atoms. The van der Waals surface area contributed by atoms with Gasteiger partial charge in [0.2, 0.25) is 0 Å². The molecule has 0 heterocycles. The lowest BCUT2D eigenvalue weighted by Crippen LogP contribution is -2.25. The van der Waals surface area contributed by atoms with E-state index < -0.39 is 5.97 Å². The van der Waals surface area contributed by atoms with E-state index in [-0.39, 0.29) is 0 Å². The lowest BCUT2D eigenvalue weighted by atomic mass is 10.5. The van der Waals surface area contributed by atoms with Crippen LogP contribution in [-0.4, -0.2) is 56.5 Å². The summed E-state index contributed by atoms with van der Waals surface area (Å²) in [6, 6.07) is 0. The molecule has 14 heavy (non-hydrogen) atoms. The number of methoxy groups -OCH3 is 2. The van der Waals surface area contributed by atoms with Crippen molar-refractivity contribution in [2.45, 2.75) is 0 Å². The van der Waals surface area contributed by atoms with Crippen LogP contribution in [0, 0.1) is 0 Å². The maximum atomic E-state index is 10.3. The molecule has 0 aliphatic rings. The van der Waals surface area contributed by atoms with Gasteiger partial charge in [-0.15, -0.1) is 0 Å². The largest absolute Gasteiger partial charge is 0.478 e. The third-order valence-electron chi connectivity index (χ3n) is 1.59. The van der Waals surface area contributed by atoms with Crippen LogP contribution in [0.4, 0.5) is 0 Å². The Bertz CT molecular complexity index is 174. The van der Waals surface area contributed by atoms with Gasteiger partial charge in [0.05, 0.1) is 13.2 Å². The SMILES string of the molecule is COCCN(C=CC(=O)O)CCOC. The first-order chi connectivity index (χ1) is 6.70. The summed E-state index contributed by atoms with van der Waals surface area (Å²) in [5.41, 5.74) is 0. The third kappa shape index (κ3) is 7.57. The van der Waals surface area contributed by atoms with Gasteiger partial charge in [-0.05, 0) is 0 Å². The highest BCUT2D eigenvalue weighted by Crippen LogP contribution is 1.90. The van der Waals surface area contributed by atoms with E-state index in [1.54, 1.807) is 14.2 Å². The van der Waals surface area contributed by atoms with Crippen LogP contribution in [-0.2, 0) is 14.3 Å². The minimum absolute atomic E-state index is 0.563. The number of nitrogens with zero attached hydrogens (tertiary/aromatic N) is 1. The van der Waals surface area contributed by atoms with Gasteiger partial charge in [0.25, 0.3) is 0 Å². The smallest absolute Gasteiger partial charge is 0.329 e. The van der Waals surface area contributed by atoms with E-state index in [0.29, 0.717) is 26.3 Å². The summed E-state index contributed by atoms with van der Waals surface area (Å²) in [5.74, 6) is -0.954. The van der Waals surface area contributed by atoms with Gasteiger partial charge < -0.3 is 19.5 Å².